The molecule has 0 saturated heterocycles. The van der Waals surface area contributed by atoms with Gasteiger partial charge in [-0.25, -0.2) is 0 Å². The number of nitrogens with zero attached hydrogens (tertiary/aromatic N) is 4. The van der Waals surface area contributed by atoms with E-state index in [1.807, 2.05) is 20.9 Å². The Morgan fingerprint density at radius 3 is 2.36 bits per heavy atom. The number of hydrogen-bond donors (Lipinski definition) is 0. The molecule has 0 fully saturated rings. The molecule has 0 N–H and O–H groups in total. The molecule has 1 aromatic heterocycles. The van der Waals surface area contributed by atoms with Gasteiger partial charge >= 0.3 is 0 Å². The summed E-state index contributed by atoms with van der Waals surface area (Å²) in [6, 6.07) is 0. The van der Waals surface area contributed by atoms with E-state index in [0.717, 1.165) is 17.1 Å². The molecule has 4 nitrogen and oxygen atoms in total. The Hall–Kier alpha value is -1.19. The van der Waals surface area contributed by atoms with Crippen LogP contribution in [0.4, 0.5) is 5.69 Å². The third kappa shape index (κ3) is 1.29. The van der Waals surface area contributed by atoms with Crippen molar-refractivity contribution in [3.63, 3.8) is 0 Å². The minimum atomic E-state index is 0.884. The van der Waals surface area contributed by atoms with Crippen molar-refractivity contribution in [1.82, 2.24) is 9.78 Å². The zero-order valence-corrected chi connectivity index (χ0v) is 7.29. The first-order valence-corrected chi connectivity index (χ1v) is 3.47. The van der Waals surface area contributed by atoms with Gasteiger partial charge in [0.2, 0.25) is 0 Å². The number of aromatic nitrogens is 2. The molecule has 1 aromatic rings. The second-order valence-electron chi connectivity index (χ2n) is 2.44. The Labute approximate surface area is 65.9 Å². The molecule has 60 valence electrons. The molecule has 0 aliphatic carbocycles. The van der Waals surface area contributed by atoms with Gasteiger partial charge in [-0.05, 0) is 13.8 Å². The Kier molecular flexibility index (Phi) is 2.03. The smallest absolute Gasteiger partial charge is 0.129 e. The second kappa shape index (κ2) is 2.82. The van der Waals surface area contributed by atoms with Crippen molar-refractivity contribution in [3.8, 4) is 0 Å². The summed E-state index contributed by atoms with van der Waals surface area (Å²) in [6.07, 6.45) is 0. The van der Waals surface area contributed by atoms with Gasteiger partial charge in [0.25, 0.3) is 0 Å². The van der Waals surface area contributed by atoms with Gasteiger partial charge in [0.1, 0.15) is 5.69 Å². The molecule has 0 amide bonds. The number of aryl methyl sites for hydroxylation is 2. The highest BCUT2D eigenvalue weighted by molar-refractivity contribution is 5.45. The number of hydrogen-bond acceptors (Lipinski definition) is 3. The lowest BCUT2D eigenvalue weighted by Crippen LogP contribution is -1.91. The van der Waals surface area contributed by atoms with Gasteiger partial charge in [-0.15, -0.1) is 0 Å². The molecule has 4 heteroatoms. The standard InChI is InChI=1S/C7H12N4/c1-5-7(9-8-3)6(2)11(4)10-5/h1-4H3. The van der Waals surface area contributed by atoms with E-state index in [1.165, 1.54) is 0 Å². The van der Waals surface area contributed by atoms with Gasteiger partial charge in [0, 0.05) is 14.1 Å². The summed E-state index contributed by atoms with van der Waals surface area (Å²) in [7, 11) is 3.56. The molecule has 0 unspecified atom stereocenters. The van der Waals surface area contributed by atoms with Gasteiger partial charge in [0.05, 0.1) is 11.4 Å². The van der Waals surface area contributed by atoms with Gasteiger partial charge < -0.3 is 0 Å². The first kappa shape index (κ1) is 7.91. The average Bonchev–Trinajstić information content (AvgIpc) is 2.17. The number of azo groups is 1. The molecule has 0 aliphatic heterocycles. The van der Waals surface area contributed by atoms with Crippen LogP contribution in [0.1, 0.15) is 11.4 Å². The molecule has 0 aromatic carbocycles. The normalized spacial score (nSPS) is 11.3. The summed E-state index contributed by atoms with van der Waals surface area (Å²) in [6.45, 7) is 3.90. The highest BCUT2D eigenvalue weighted by Crippen LogP contribution is 2.21. The topological polar surface area (TPSA) is 42.5 Å². The van der Waals surface area contributed by atoms with Gasteiger partial charge in [-0.2, -0.15) is 15.3 Å². The van der Waals surface area contributed by atoms with Crippen LogP contribution < -0.4 is 0 Å². The van der Waals surface area contributed by atoms with Crippen LogP contribution in [0.2, 0.25) is 0 Å². The number of rotatable bonds is 1. The lowest BCUT2D eigenvalue weighted by Gasteiger charge is -1.91. The molecule has 0 aliphatic rings. The predicted molar refractivity (Wildman–Crippen MR) is 43.1 cm³/mol. The largest absolute Gasteiger partial charge is 0.270 e. The van der Waals surface area contributed by atoms with Crippen molar-refractivity contribution in [3.05, 3.63) is 11.4 Å². The summed E-state index contributed by atoms with van der Waals surface area (Å²) in [5, 5.41) is 11.9. The molecule has 1 rings (SSSR count). The minimum absolute atomic E-state index is 0.884. The SMILES string of the molecule is CN=Nc1c(C)nn(C)c1C. The summed E-state index contributed by atoms with van der Waals surface area (Å²) in [5.41, 5.74) is 2.86. The lowest BCUT2D eigenvalue weighted by atomic mass is 10.3. The summed E-state index contributed by atoms with van der Waals surface area (Å²) in [5.74, 6) is 0. The molecule has 11 heavy (non-hydrogen) atoms. The second-order valence-corrected chi connectivity index (χ2v) is 2.44. The summed E-state index contributed by atoms with van der Waals surface area (Å²) < 4.78 is 1.80. The summed E-state index contributed by atoms with van der Waals surface area (Å²) >= 11 is 0. The van der Waals surface area contributed by atoms with E-state index in [1.54, 1.807) is 11.7 Å². The maximum Gasteiger partial charge on any atom is 0.129 e. The van der Waals surface area contributed by atoms with Crippen LogP contribution in [0.25, 0.3) is 0 Å². The first-order chi connectivity index (χ1) is 5.16. The first-order valence-electron chi connectivity index (χ1n) is 3.47. The molecule has 1 heterocycles. The lowest BCUT2D eigenvalue weighted by molar-refractivity contribution is 0.731. The van der Waals surface area contributed by atoms with Crippen molar-refractivity contribution < 1.29 is 0 Å². The molecular weight excluding hydrogens is 140 g/mol. The molecular formula is C7H12N4. The third-order valence-corrected chi connectivity index (χ3v) is 1.67. The van der Waals surface area contributed by atoms with Crippen molar-refractivity contribution in [2.45, 2.75) is 13.8 Å². The van der Waals surface area contributed by atoms with Crippen LogP contribution in [0.15, 0.2) is 10.2 Å². The predicted octanol–water partition coefficient (Wildman–Crippen LogP) is 1.75. The van der Waals surface area contributed by atoms with Crippen LogP contribution in [0.5, 0.6) is 0 Å². The van der Waals surface area contributed by atoms with Crippen molar-refractivity contribution in [2.75, 3.05) is 7.05 Å². The average molecular weight is 152 g/mol. The minimum Gasteiger partial charge on any atom is -0.270 e. The molecule has 0 atom stereocenters. The van der Waals surface area contributed by atoms with E-state index in [9.17, 15) is 0 Å². The van der Waals surface area contributed by atoms with Gasteiger partial charge in [0.15, 0.2) is 0 Å². The summed E-state index contributed by atoms with van der Waals surface area (Å²) in [4.78, 5) is 0. The van der Waals surface area contributed by atoms with Crippen LogP contribution in [-0.2, 0) is 7.05 Å². The fraction of sp³-hybridized carbons (Fsp3) is 0.571. The van der Waals surface area contributed by atoms with Crippen LogP contribution in [-0.4, -0.2) is 16.8 Å². The fourth-order valence-electron chi connectivity index (χ4n) is 1.01. The molecule has 0 radical (unpaired) electrons. The zero-order chi connectivity index (χ0) is 8.43. The Balaban J connectivity index is 3.22. The van der Waals surface area contributed by atoms with Gasteiger partial charge in [-0.3, -0.25) is 4.68 Å². The monoisotopic (exact) mass is 152 g/mol. The molecule has 0 spiro atoms. The Bertz CT molecular complexity index is 285. The van der Waals surface area contributed by atoms with E-state index in [2.05, 4.69) is 15.3 Å². The maximum absolute atomic E-state index is 4.19. The highest BCUT2D eigenvalue weighted by atomic mass is 15.3. The molecule has 0 bridgehead atoms. The van der Waals surface area contributed by atoms with Crippen LogP contribution in [0, 0.1) is 13.8 Å². The van der Waals surface area contributed by atoms with Crippen LogP contribution >= 0.6 is 0 Å². The van der Waals surface area contributed by atoms with Crippen molar-refractivity contribution in [2.24, 2.45) is 17.3 Å². The van der Waals surface area contributed by atoms with Crippen molar-refractivity contribution in [1.29, 1.82) is 0 Å². The highest BCUT2D eigenvalue weighted by Gasteiger charge is 2.06. The Morgan fingerprint density at radius 1 is 1.36 bits per heavy atom. The van der Waals surface area contributed by atoms with E-state index >= 15 is 0 Å². The maximum atomic E-state index is 4.19. The van der Waals surface area contributed by atoms with E-state index in [0.29, 0.717) is 0 Å². The van der Waals surface area contributed by atoms with Gasteiger partial charge in [-0.1, -0.05) is 0 Å². The van der Waals surface area contributed by atoms with E-state index < -0.39 is 0 Å². The Morgan fingerprint density at radius 2 is 2.00 bits per heavy atom. The molecule has 0 saturated carbocycles. The quantitative estimate of drug-likeness (QED) is 0.565. The van der Waals surface area contributed by atoms with Crippen molar-refractivity contribution >= 4 is 5.69 Å². The van der Waals surface area contributed by atoms with E-state index in [4.69, 9.17) is 0 Å². The van der Waals surface area contributed by atoms with Crippen LogP contribution in [0.3, 0.4) is 0 Å². The third-order valence-electron chi connectivity index (χ3n) is 1.67. The van der Waals surface area contributed by atoms with E-state index in [-0.39, 0.29) is 0 Å². The fourth-order valence-corrected chi connectivity index (χ4v) is 1.01. The zero-order valence-electron chi connectivity index (χ0n) is 7.29.